The molecule has 1 aliphatic rings. The molecule has 0 radical (unpaired) electrons. The summed E-state index contributed by atoms with van der Waals surface area (Å²) in [5.74, 6) is 0. The molecule has 2 aromatic heterocycles. The molecule has 0 N–H and O–H groups in total. The number of aryl methyl sites for hydroxylation is 1. The number of aromatic nitrogens is 1. The first-order chi connectivity index (χ1) is 12.9. The third-order valence-electron chi connectivity index (χ3n) is 5.78. The zero-order chi connectivity index (χ0) is 17.1. The molecule has 0 unspecified atom stereocenters. The Bertz CT molecular complexity index is 1270. The summed E-state index contributed by atoms with van der Waals surface area (Å²) in [7, 11) is 0. The summed E-state index contributed by atoms with van der Waals surface area (Å²) in [5.41, 5.74) is 7.48. The van der Waals surface area contributed by atoms with Crippen LogP contribution in [0, 0.1) is 0 Å². The Kier molecular flexibility index (Phi) is 2.87. The van der Waals surface area contributed by atoms with Crippen molar-refractivity contribution in [2.24, 2.45) is 0 Å². The third kappa shape index (κ3) is 1.87. The summed E-state index contributed by atoms with van der Waals surface area (Å²) in [4.78, 5) is 0. The first kappa shape index (κ1) is 14.2. The average Bonchev–Trinajstić information content (AvgIpc) is 3.22. The van der Waals surface area contributed by atoms with Gasteiger partial charge in [0, 0.05) is 33.6 Å². The van der Waals surface area contributed by atoms with Crippen molar-refractivity contribution in [1.29, 1.82) is 0 Å². The van der Waals surface area contributed by atoms with Crippen molar-refractivity contribution in [2.75, 3.05) is 0 Å². The van der Waals surface area contributed by atoms with Crippen LogP contribution in [-0.4, -0.2) is 4.57 Å². The summed E-state index contributed by atoms with van der Waals surface area (Å²) in [6.45, 7) is 0. The Balaban J connectivity index is 1.78. The molecule has 2 nitrogen and oxygen atoms in total. The largest absolute Gasteiger partial charge is 0.456 e. The van der Waals surface area contributed by atoms with E-state index in [-0.39, 0.29) is 0 Å². The molecule has 0 fully saturated rings. The summed E-state index contributed by atoms with van der Waals surface area (Å²) < 4.78 is 8.62. The second kappa shape index (κ2) is 5.25. The lowest BCUT2D eigenvalue weighted by atomic mass is 9.95. The highest BCUT2D eigenvalue weighted by molar-refractivity contribution is 6.10. The molecule has 0 saturated heterocycles. The van der Waals surface area contributed by atoms with Gasteiger partial charge in [0.05, 0.1) is 5.52 Å². The lowest BCUT2D eigenvalue weighted by Crippen LogP contribution is -2.06. The zero-order valence-corrected chi connectivity index (χ0v) is 14.5. The Labute approximate surface area is 151 Å². The fourth-order valence-corrected chi connectivity index (χ4v) is 4.63. The highest BCUT2D eigenvalue weighted by Crippen LogP contribution is 2.39. The first-order valence-corrected chi connectivity index (χ1v) is 9.43. The van der Waals surface area contributed by atoms with Gasteiger partial charge < -0.3 is 8.98 Å². The molecule has 5 aromatic rings. The minimum absolute atomic E-state index is 0.968. The van der Waals surface area contributed by atoms with Crippen molar-refractivity contribution in [1.82, 2.24) is 4.57 Å². The summed E-state index contributed by atoms with van der Waals surface area (Å²) in [6.07, 6.45) is 4.88. The second-order valence-electron chi connectivity index (χ2n) is 7.27. The Morgan fingerprint density at radius 2 is 1.50 bits per heavy atom. The monoisotopic (exact) mass is 337 g/mol. The molecule has 3 aromatic carbocycles. The molecular weight excluding hydrogens is 318 g/mol. The predicted octanol–water partition coefficient (Wildman–Crippen LogP) is 6.41. The van der Waals surface area contributed by atoms with E-state index in [4.69, 9.17) is 4.42 Å². The van der Waals surface area contributed by atoms with Gasteiger partial charge in [0.2, 0.25) is 0 Å². The third-order valence-corrected chi connectivity index (χ3v) is 5.78. The molecule has 0 amide bonds. The number of hydrogen-bond acceptors (Lipinski definition) is 1. The molecule has 2 heterocycles. The van der Waals surface area contributed by atoms with Crippen molar-refractivity contribution < 1.29 is 4.42 Å². The smallest absolute Gasteiger partial charge is 0.137 e. The molecule has 6 rings (SSSR count). The molecule has 0 bridgehead atoms. The number of furan rings is 1. The Morgan fingerprint density at radius 3 is 2.42 bits per heavy atom. The van der Waals surface area contributed by atoms with Crippen LogP contribution in [0.1, 0.15) is 24.1 Å². The van der Waals surface area contributed by atoms with E-state index in [9.17, 15) is 0 Å². The van der Waals surface area contributed by atoms with Gasteiger partial charge in [0.1, 0.15) is 11.2 Å². The first-order valence-electron chi connectivity index (χ1n) is 9.43. The van der Waals surface area contributed by atoms with E-state index < -0.39 is 0 Å². The SMILES string of the molecule is c1ccc(-n2c3c(c4cc5c(cc42)oc2ccccc25)CCCC3)cc1. The number of para-hydroxylation sites is 2. The van der Waals surface area contributed by atoms with Crippen LogP contribution in [0.3, 0.4) is 0 Å². The van der Waals surface area contributed by atoms with E-state index in [1.165, 1.54) is 57.9 Å². The number of nitrogens with zero attached hydrogens (tertiary/aromatic N) is 1. The van der Waals surface area contributed by atoms with Crippen LogP contribution in [0.5, 0.6) is 0 Å². The van der Waals surface area contributed by atoms with Crippen molar-refractivity contribution in [3.8, 4) is 5.69 Å². The van der Waals surface area contributed by atoms with E-state index in [2.05, 4.69) is 65.2 Å². The topological polar surface area (TPSA) is 18.1 Å². The Hall–Kier alpha value is -3.00. The molecule has 0 aliphatic heterocycles. The average molecular weight is 337 g/mol. The van der Waals surface area contributed by atoms with Crippen LogP contribution in [0.15, 0.2) is 71.1 Å². The zero-order valence-electron chi connectivity index (χ0n) is 14.5. The van der Waals surface area contributed by atoms with Gasteiger partial charge in [-0.3, -0.25) is 0 Å². The van der Waals surface area contributed by atoms with E-state index in [1.807, 2.05) is 6.07 Å². The van der Waals surface area contributed by atoms with Crippen LogP contribution >= 0.6 is 0 Å². The molecular formula is C24H19NO. The number of hydrogen-bond donors (Lipinski definition) is 0. The van der Waals surface area contributed by atoms with Crippen LogP contribution < -0.4 is 0 Å². The van der Waals surface area contributed by atoms with E-state index in [1.54, 1.807) is 0 Å². The van der Waals surface area contributed by atoms with Crippen molar-refractivity contribution in [3.05, 3.63) is 78.0 Å². The summed E-state index contributed by atoms with van der Waals surface area (Å²) in [5, 5.41) is 3.83. The maximum atomic E-state index is 6.17. The number of rotatable bonds is 1. The Morgan fingerprint density at radius 1 is 0.692 bits per heavy atom. The van der Waals surface area contributed by atoms with Crippen molar-refractivity contribution in [3.63, 3.8) is 0 Å². The summed E-state index contributed by atoms with van der Waals surface area (Å²) >= 11 is 0. The molecule has 0 saturated carbocycles. The van der Waals surface area contributed by atoms with Gasteiger partial charge >= 0.3 is 0 Å². The highest BCUT2D eigenvalue weighted by Gasteiger charge is 2.22. The van der Waals surface area contributed by atoms with Gasteiger partial charge in [-0.15, -0.1) is 0 Å². The lowest BCUT2D eigenvalue weighted by molar-refractivity contribution is 0.666. The normalized spacial score (nSPS) is 14.3. The highest BCUT2D eigenvalue weighted by atomic mass is 16.3. The molecule has 126 valence electrons. The second-order valence-corrected chi connectivity index (χ2v) is 7.27. The molecule has 26 heavy (non-hydrogen) atoms. The van der Waals surface area contributed by atoms with Crippen LogP contribution in [0.25, 0.3) is 38.5 Å². The van der Waals surface area contributed by atoms with Crippen LogP contribution in [0.2, 0.25) is 0 Å². The van der Waals surface area contributed by atoms with Gasteiger partial charge in [-0.2, -0.15) is 0 Å². The van der Waals surface area contributed by atoms with Gasteiger partial charge in [0.15, 0.2) is 0 Å². The minimum atomic E-state index is 0.968. The number of fused-ring (bicyclic) bond motifs is 6. The summed E-state index contributed by atoms with van der Waals surface area (Å²) in [6, 6.07) is 23.7. The maximum Gasteiger partial charge on any atom is 0.137 e. The van der Waals surface area contributed by atoms with Gasteiger partial charge in [-0.25, -0.2) is 0 Å². The van der Waals surface area contributed by atoms with Crippen LogP contribution in [0.4, 0.5) is 0 Å². The van der Waals surface area contributed by atoms with Crippen molar-refractivity contribution >= 4 is 32.8 Å². The fraction of sp³-hybridized carbons (Fsp3) is 0.167. The van der Waals surface area contributed by atoms with Crippen LogP contribution in [-0.2, 0) is 12.8 Å². The van der Waals surface area contributed by atoms with E-state index in [0.717, 1.165) is 17.6 Å². The van der Waals surface area contributed by atoms with Gasteiger partial charge in [0.25, 0.3) is 0 Å². The van der Waals surface area contributed by atoms with Crippen molar-refractivity contribution in [2.45, 2.75) is 25.7 Å². The quantitative estimate of drug-likeness (QED) is 0.346. The minimum Gasteiger partial charge on any atom is -0.456 e. The predicted molar refractivity (Wildman–Crippen MR) is 107 cm³/mol. The standard InChI is InChI=1S/C24H19NO/c1-2-8-16(9-3-1)25-21-12-6-4-10-17(21)19-14-20-18-11-5-7-13-23(18)26-24(20)15-22(19)25/h1-3,5,7-9,11,13-15H,4,6,10,12H2. The lowest BCUT2D eigenvalue weighted by Gasteiger charge is -2.16. The maximum absolute atomic E-state index is 6.17. The molecule has 0 atom stereocenters. The number of benzene rings is 3. The molecule has 0 spiro atoms. The molecule has 1 aliphatic carbocycles. The fourth-order valence-electron chi connectivity index (χ4n) is 4.63. The molecule has 2 heteroatoms. The van der Waals surface area contributed by atoms with E-state index >= 15 is 0 Å². The van der Waals surface area contributed by atoms with Gasteiger partial charge in [-0.1, -0.05) is 36.4 Å². The van der Waals surface area contributed by atoms with E-state index in [0.29, 0.717) is 0 Å². The van der Waals surface area contributed by atoms with Gasteiger partial charge in [-0.05, 0) is 55.5 Å².